The zero-order valence-corrected chi connectivity index (χ0v) is 22.8. The summed E-state index contributed by atoms with van der Waals surface area (Å²) in [4.78, 5) is 7.59. The predicted octanol–water partition coefficient (Wildman–Crippen LogP) is 7.94. The van der Waals surface area contributed by atoms with Crippen molar-refractivity contribution in [2.24, 2.45) is 4.99 Å². The van der Waals surface area contributed by atoms with Gasteiger partial charge in [-0.15, -0.1) is 0 Å². The summed E-state index contributed by atoms with van der Waals surface area (Å²) >= 11 is 1.77. The lowest BCUT2D eigenvalue weighted by atomic mass is 10.1. The summed E-state index contributed by atoms with van der Waals surface area (Å²) in [6.07, 6.45) is 0. The van der Waals surface area contributed by atoms with Crippen LogP contribution in [-0.2, 0) is 18.8 Å². The topological polar surface area (TPSA) is 34.1 Å². The first-order valence-corrected chi connectivity index (χ1v) is 13.4. The van der Waals surface area contributed by atoms with E-state index in [2.05, 4.69) is 91.5 Å². The molecule has 0 aliphatic heterocycles. The van der Waals surface area contributed by atoms with E-state index >= 15 is 0 Å². The van der Waals surface area contributed by atoms with Gasteiger partial charge in [0.1, 0.15) is 11.5 Å². The van der Waals surface area contributed by atoms with Crippen LogP contribution in [0.4, 0.5) is 5.69 Å². The van der Waals surface area contributed by atoms with Gasteiger partial charge in [0.2, 0.25) is 0 Å². The lowest BCUT2D eigenvalue weighted by Gasteiger charge is -2.27. The SMILES string of the molecule is COc1ccc(CN(Cc2ccc(OC)cc2)C(=Nc2ccc(C)cc2C)SCc2ccccc2)cc1. The highest BCUT2D eigenvalue weighted by Crippen LogP contribution is 2.27. The number of aryl methyl sites for hydroxylation is 2. The highest BCUT2D eigenvalue weighted by molar-refractivity contribution is 8.13. The second kappa shape index (κ2) is 13.0. The van der Waals surface area contributed by atoms with Gasteiger partial charge in [-0.25, -0.2) is 4.99 Å². The van der Waals surface area contributed by atoms with Crippen LogP contribution in [0.1, 0.15) is 27.8 Å². The third-order valence-corrected chi connectivity index (χ3v) is 7.20. The first kappa shape index (κ1) is 26.4. The van der Waals surface area contributed by atoms with Crippen molar-refractivity contribution >= 4 is 22.6 Å². The Kier molecular flexibility index (Phi) is 9.28. The number of methoxy groups -OCH3 is 2. The van der Waals surface area contributed by atoms with E-state index < -0.39 is 0 Å². The molecule has 0 aliphatic carbocycles. The normalized spacial score (nSPS) is 11.3. The summed E-state index contributed by atoms with van der Waals surface area (Å²) in [5.74, 6) is 2.55. The van der Waals surface area contributed by atoms with Gasteiger partial charge >= 0.3 is 0 Å². The van der Waals surface area contributed by atoms with Crippen LogP contribution in [0.5, 0.6) is 11.5 Å². The van der Waals surface area contributed by atoms with Crippen LogP contribution >= 0.6 is 11.8 Å². The fourth-order valence-electron chi connectivity index (χ4n) is 4.04. The number of hydrogen-bond acceptors (Lipinski definition) is 4. The van der Waals surface area contributed by atoms with Crippen LogP contribution < -0.4 is 9.47 Å². The van der Waals surface area contributed by atoms with Gasteiger partial charge in [0.05, 0.1) is 19.9 Å². The average Bonchev–Trinajstić information content (AvgIpc) is 2.93. The molecular formula is C32H34N2O2S. The Labute approximate surface area is 225 Å². The van der Waals surface area contributed by atoms with E-state index in [4.69, 9.17) is 14.5 Å². The molecule has 4 nitrogen and oxygen atoms in total. The Bertz CT molecular complexity index is 1250. The molecule has 0 saturated heterocycles. The third kappa shape index (κ3) is 7.64. The van der Waals surface area contributed by atoms with Gasteiger partial charge < -0.3 is 14.4 Å². The van der Waals surface area contributed by atoms with Gasteiger partial charge in [0.15, 0.2) is 5.17 Å². The van der Waals surface area contributed by atoms with E-state index in [1.54, 1.807) is 26.0 Å². The molecule has 0 unspecified atom stereocenters. The lowest BCUT2D eigenvalue weighted by Crippen LogP contribution is -2.28. The number of benzene rings is 4. The van der Waals surface area contributed by atoms with Crippen LogP contribution in [0.3, 0.4) is 0 Å². The average molecular weight is 511 g/mol. The first-order chi connectivity index (χ1) is 18.0. The highest BCUT2D eigenvalue weighted by Gasteiger charge is 2.16. The summed E-state index contributed by atoms with van der Waals surface area (Å²) in [6, 6.07) is 33.5. The van der Waals surface area contributed by atoms with Crippen molar-refractivity contribution in [3.63, 3.8) is 0 Å². The van der Waals surface area contributed by atoms with Crippen molar-refractivity contribution in [2.75, 3.05) is 14.2 Å². The summed E-state index contributed by atoms with van der Waals surface area (Å²) in [6.45, 7) is 5.69. The molecule has 0 radical (unpaired) electrons. The molecule has 0 saturated carbocycles. The quantitative estimate of drug-likeness (QED) is 0.169. The molecule has 0 aliphatic rings. The molecule has 5 heteroatoms. The molecule has 0 heterocycles. The maximum absolute atomic E-state index is 5.38. The summed E-state index contributed by atoms with van der Waals surface area (Å²) in [7, 11) is 3.39. The number of ether oxygens (including phenoxy) is 2. The maximum atomic E-state index is 5.38. The van der Waals surface area contributed by atoms with Gasteiger partial charge in [0, 0.05) is 18.8 Å². The van der Waals surface area contributed by atoms with E-state index in [0.717, 1.165) is 41.2 Å². The Morgan fingerprint density at radius 3 is 1.78 bits per heavy atom. The largest absolute Gasteiger partial charge is 0.497 e. The van der Waals surface area contributed by atoms with E-state index in [9.17, 15) is 0 Å². The standard InChI is InChI=1S/C32H34N2O2S/c1-24-10-19-31(25(2)20-24)33-32(37-23-28-8-6-5-7-9-28)34(21-26-11-15-29(35-3)16-12-26)22-27-13-17-30(36-4)18-14-27/h5-20H,21-23H2,1-4H3. The summed E-state index contributed by atoms with van der Waals surface area (Å²) in [5.41, 5.74) is 7.08. The molecule has 4 rings (SSSR count). The Morgan fingerprint density at radius 2 is 1.27 bits per heavy atom. The van der Waals surface area contributed by atoms with E-state index in [1.165, 1.54) is 27.8 Å². The zero-order chi connectivity index (χ0) is 26.0. The molecule has 0 bridgehead atoms. The van der Waals surface area contributed by atoms with Gasteiger partial charge in [0.25, 0.3) is 0 Å². The molecule has 0 N–H and O–H groups in total. The number of aliphatic imine (C=N–C) groups is 1. The highest BCUT2D eigenvalue weighted by atomic mass is 32.2. The van der Waals surface area contributed by atoms with Crippen molar-refractivity contribution in [3.05, 3.63) is 125 Å². The summed E-state index contributed by atoms with van der Waals surface area (Å²) < 4.78 is 10.8. The first-order valence-electron chi connectivity index (χ1n) is 12.4. The molecular weight excluding hydrogens is 476 g/mol. The van der Waals surface area contributed by atoms with Crippen molar-refractivity contribution in [3.8, 4) is 11.5 Å². The molecule has 0 spiro atoms. The smallest absolute Gasteiger partial charge is 0.165 e. The third-order valence-electron chi connectivity index (χ3n) is 6.11. The molecule has 4 aromatic carbocycles. The number of hydrogen-bond donors (Lipinski definition) is 0. The molecule has 4 aromatic rings. The molecule has 0 amide bonds. The lowest BCUT2D eigenvalue weighted by molar-refractivity contribution is 0.405. The maximum Gasteiger partial charge on any atom is 0.165 e. The number of amidine groups is 1. The fourth-order valence-corrected chi connectivity index (χ4v) is 5.01. The monoisotopic (exact) mass is 510 g/mol. The second-order valence-corrected chi connectivity index (χ2v) is 9.95. The van der Waals surface area contributed by atoms with Gasteiger partial charge in [-0.1, -0.05) is 84.1 Å². The van der Waals surface area contributed by atoms with Crippen LogP contribution in [0, 0.1) is 13.8 Å². The van der Waals surface area contributed by atoms with Gasteiger partial charge in [-0.05, 0) is 66.4 Å². The van der Waals surface area contributed by atoms with Gasteiger partial charge in [-0.2, -0.15) is 0 Å². The van der Waals surface area contributed by atoms with Crippen LogP contribution in [0.2, 0.25) is 0 Å². The second-order valence-electron chi connectivity index (χ2n) is 9.01. The van der Waals surface area contributed by atoms with Crippen LogP contribution in [0.25, 0.3) is 0 Å². The molecule has 0 aromatic heterocycles. The zero-order valence-electron chi connectivity index (χ0n) is 22.0. The minimum absolute atomic E-state index is 0.724. The minimum Gasteiger partial charge on any atom is -0.497 e. The van der Waals surface area contributed by atoms with E-state index in [1.807, 2.05) is 24.3 Å². The Hall–Kier alpha value is -3.70. The van der Waals surface area contributed by atoms with Gasteiger partial charge in [-0.3, -0.25) is 0 Å². The predicted molar refractivity (Wildman–Crippen MR) is 156 cm³/mol. The minimum atomic E-state index is 0.724. The fraction of sp³-hybridized carbons (Fsp3) is 0.219. The number of rotatable bonds is 9. The molecule has 0 atom stereocenters. The molecule has 0 fully saturated rings. The Morgan fingerprint density at radius 1 is 0.703 bits per heavy atom. The number of thioether (sulfide) groups is 1. The van der Waals surface area contributed by atoms with E-state index in [0.29, 0.717) is 0 Å². The molecule has 37 heavy (non-hydrogen) atoms. The number of nitrogens with zero attached hydrogens (tertiary/aromatic N) is 2. The van der Waals surface area contributed by atoms with E-state index in [-0.39, 0.29) is 0 Å². The van der Waals surface area contributed by atoms with Crippen molar-refractivity contribution in [2.45, 2.75) is 32.7 Å². The molecule has 190 valence electrons. The Balaban J connectivity index is 1.71. The van der Waals surface area contributed by atoms with Crippen molar-refractivity contribution in [1.82, 2.24) is 4.90 Å². The van der Waals surface area contributed by atoms with Crippen LogP contribution in [-0.4, -0.2) is 24.3 Å². The summed E-state index contributed by atoms with van der Waals surface area (Å²) in [5, 5.41) is 0.988. The van der Waals surface area contributed by atoms with Crippen LogP contribution in [0.15, 0.2) is 102 Å². The van der Waals surface area contributed by atoms with Crippen molar-refractivity contribution in [1.29, 1.82) is 0 Å². The van der Waals surface area contributed by atoms with Crippen molar-refractivity contribution < 1.29 is 9.47 Å².